The highest BCUT2D eigenvalue weighted by atomic mass is 79.9. The van der Waals surface area contributed by atoms with Crippen LogP contribution in [0, 0.1) is 0 Å². The molecule has 0 saturated heterocycles. The van der Waals surface area contributed by atoms with E-state index in [0.717, 1.165) is 26.0 Å². The van der Waals surface area contributed by atoms with E-state index >= 15 is 0 Å². The lowest BCUT2D eigenvalue weighted by molar-refractivity contribution is 0.0155. The van der Waals surface area contributed by atoms with Crippen molar-refractivity contribution in [3.05, 3.63) is 56.2 Å². The van der Waals surface area contributed by atoms with Gasteiger partial charge in [-0.15, -0.1) is 11.3 Å². The van der Waals surface area contributed by atoms with Gasteiger partial charge in [-0.3, -0.25) is 0 Å². The van der Waals surface area contributed by atoms with Gasteiger partial charge in [-0.1, -0.05) is 31.2 Å². The second-order valence-corrected chi connectivity index (χ2v) is 7.11. The van der Waals surface area contributed by atoms with Crippen molar-refractivity contribution in [3.8, 4) is 0 Å². The molecule has 0 saturated carbocycles. The van der Waals surface area contributed by atoms with E-state index in [0.29, 0.717) is 0 Å². The molecule has 4 heteroatoms. The van der Waals surface area contributed by atoms with Crippen LogP contribution in [0.1, 0.15) is 41.5 Å². The third-order valence-corrected chi connectivity index (χ3v) is 5.83. The van der Waals surface area contributed by atoms with Crippen LogP contribution in [-0.4, -0.2) is 13.2 Å². The van der Waals surface area contributed by atoms with Crippen molar-refractivity contribution >= 4 is 27.3 Å². The zero-order valence-electron chi connectivity index (χ0n) is 12.1. The highest BCUT2D eigenvalue weighted by Gasteiger charge is 2.31. The number of ether oxygens (including phenoxy) is 1. The molecular formula is C17H20BrNOS. The number of rotatable bonds is 5. The Balaban J connectivity index is 1.96. The molecule has 0 bridgehead atoms. The monoisotopic (exact) mass is 365 g/mol. The standard InChI is InChI=1S/C17H20BrNOS/c1-2-9-19-15(17-14(18)8-11-21-17)16-13-6-4-3-5-12(13)7-10-20-16/h3-6,8,11,15-16,19H,2,7,9-10H2,1H3. The molecular weight excluding hydrogens is 346 g/mol. The Morgan fingerprint density at radius 3 is 3.00 bits per heavy atom. The summed E-state index contributed by atoms with van der Waals surface area (Å²) < 4.78 is 7.34. The number of hydrogen-bond donors (Lipinski definition) is 1. The molecule has 0 radical (unpaired) electrons. The van der Waals surface area contributed by atoms with Crippen LogP contribution in [0.2, 0.25) is 0 Å². The van der Waals surface area contributed by atoms with Gasteiger partial charge in [-0.05, 0) is 57.9 Å². The molecule has 2 aromatic rings. The van der Waals surface area contributed by atoms with Crippen LogP contribution in [0.15, 0.2) is 40.2 Å². The van der Waals surface area contributed by atoms with Crippen molar-refractivity contribution in [2.75, 3.05) is 13.2 Å². The number of fused-ring (bicyclic) bond motifs is 1. The third-order valence-electron chi connectivity index (χ3n) is 3.87. The van der Waals surface area contributed by atoms with Gasteiger partial charge in [0.1, 0.15) is 6.10 Å². The fourth-order valence-electron chi connectivity index (χ4n) is 2.87. The van der Waals surface area contributed by atoms with Crippen LogP contribution < -0.4 is 5.32 Å². The molecule has 1 N–H and O–H groups in total. The van der Waals surface area contributed by atoms with Gasteiger partial charge in [0, 0.05) is 9.35 Å². The molecule has 2 unspecified atom stereocenters. The zero-order valence-corrected chi connectivity index (χ0v) is 14.5. The predicted octanol–water partition coefficient (Wildman–Crippen LogP) is 4.87. The van der Waals surface area contributed by atoms with Crippen molar-refractivity contribution in [3.63, 3.8) is 0 Å². The Bertz CT molecular complexity index is 598. The number of benzene rings is 1. The fraction of sp³-hybridized carbons (Fsp3) is 0.412. The van der Waals surface area contributed by atoms with Gasteiger partial charge in [0.2, 0.25) is 0 Å². The van der Waals surface area contributed by atoms with Crippen LogP contribution in [-0.2, 0) is 11.2 Å². The molecule has 112 valence electrons. The van der Waals surface area contributed by atoms with Gasteiger partial charge < -0.3 is 10.1 Å². The summed E-state index contributed by atoms with van der Waals surface area (Å²) in [5.74, 6) is 0. The number of hydrogen-bond acceptors (Lipinski definition) is 3. The van der Waals surface area contributed by atoms with Gasteiger partial charge in [0.25, 0.3) is 0 Å². The minimum Gasteiger partial charge on any atom is -0.371 e. The third kappa shape index (κ3) is 3.24. The summed E-state index contributed by atoms with van der Waals surface area (Å²) in [7, 11) is 0. The Labute approximate surface area is 138 Å². The van der Waals surface area contributed by atoms with Gasteiger partial charge in [-0.25, -0.2) is 0 Å². The summed E-state index contributed by atoms with van der Waals surface area (Å²) in [6.45, 7) is 4.00. The highest BCUT2D eigenvalue weighted by Crippen LogP contribution is 2.41. The first-order chi connectivity index (χ1) is 10.3. The van der Waals surface area contributed by atoms with E-state index in [1.165, 1.54) is 20.5 Å². The molecule has 0 amide bonds. The molecule has 0 aliphatic carbocycles. The minimum absolute atomic E-state index is 0.0939. The van der Waals surface area contributed by atoms with E-state index in [-0.39, 0.29) is 12.1 Å². The van der Waals surface area contributed by atoms with E-state index in [1.807, 2.05) is 0 Å². The van der Waals surface area contributed by atoms with Crippen molar-refractivity contribution in [2.24, 2.45) is 0 Å². The van der Waals surface area contributed by atoms with Gasteiger partial charge in [0.05, 0.1) is 12.6 Å². The Morgan fingerprint density at radius 2 is 2.24 bits per heavy atom. The highest BCUT2D eigenvalue weighted by molar-refractivity contribution is 9.10. The Hall–Kier alpha value is -0.680. The lowest BCUT2D eigenvalue weighted by Crippen LogP contribution is -2.32. The van der Waals surface area contributed by atoms with Crippen molar-refractivity contribution < 1.29 is 4.74 Å². The van der Waals surface area contributed by atoms with E-state index in [2.05, 4.69) is 63.9 Å². The number of halogens is 1. The molecule has 21 heavy (non-hydrogen) atoms. The summed E-state index contributed by atoms with van der Waals surface area (Å²) >= 11 is 5.47. The largest absolute Gasteiger partial charge is 0.371 e. The van der Waals surface area contributed by atoms with E-state index in [9.17, 15) is 0 Å². The molecule has 2 nitrogen and oxygen atoms in total. The maximum atomic E-state index is 6.17. The molecule has 1 aromatic heterocycles. The first-order valence-electron chi connectivity index (χ1n) is 7.47. The van der Waals surface area contributed by atoms with Crippen molar-refractivity contribution in [2.45, 2.75) is 31.9 Å². The predicted molar refractivity (Wildman–Crippen MR) is 91.9 cm³/mol. The first kappa shape index (κ1) is 15.2. The van der Waals surface area contributed by atoms with Gasteiger partial charge >= 0.3 is 0 Å². The van der Waals surface area contributed by atoms with Crippen LogP contribution in [0.5, 0.6) is 0 Å². The van der Waals surface area contributed by atoms with Crippen LogP contribution >= 0.6 is 27.3 Å². The second kappa shape index (κ2) is 7.05. The Morgan fingerprint density at radius 1 is 1.38 bits per heavy atom. The molecule has 0 fully saturated rings. The van der Waals surface area contributed by atoms with Gasteiger partial charge in [-0.2, -0.15) is 0 Å². The average Bonchev–Trinajstić information content (AvgIpc) is 2.94. The summed E-state index contributed by atoms with van der Waals surface area (Å²) in [6.07, 6.45) is 2.23. The number of nitrogens with one attached hydrogen (secondary N) is 1. The van der Waals surface area contributed by atoms with E-state index in [4.69, 9.17) is 4.74 Å². The maximum absolute atomic E-state index is 6.17. The van der Waals surface area contributed by atoms with Crippen LogP contribution in [0.3, 0.4) is 0 Å². The minimum atomic E-state index is 0.0939. The molecule has 1 aliphatic rings. The maximum Gasteiger partial charge on any atom is 0.103 e. The molecule has 1 aromatic carbocycles. The molecule has 2 heterocycles. The summed E-state index contributed by atoms with van der Waals surface area (Å²) in [4.78, 5) is 1.32. The van der Waals surface area contributed by atoms with Crippen molar-refractivity contribution in [1.29, 1.82) is 0 Å². The zero-order chi connectivity index (χ0) is 14.7. The normalized spacial score (nSPS) is 19.2. The molecule has 0 spiro atoms. The van der Waals surface area contributed by atoms with Crippen LogP contribution in [0.4, 0.5) is 0 Å². The SMILES string of the molecule is CCCNC(c1sccc1Br)C1OCCc2ccccc21. The first-order valence-corrected chi connectivity index (χ1v) is 9.14. The summed E-state index contributed by atoms with van der Waals surface area (Å²) in [5.41, 5.74) is 2.75. The smallest absolute Gasteiger partial charge is 0.103 e. The Kier molecular flexibility index (Phi) is 5.11. The van der Waals surface area contributed by atoms with E-state index < -0.39 is 0 Å². The van der Waals surface area contributed by atoms with Crippen molar-refractivity contribution in [1.82, 2.24) is 5.32 Å². The second-order valence-electron chi connectivity index (χ2n) is 5.30. The topological polar surface area (TPSA) is 21.3 Å². The van der Waals surface area contributed by atoms with Crippen LogP contribution in [0.25, 0.3) is 0 Å². The molecule has 2 atom stereocenters. The lowest BCUT2D eigenvalue weighted by Gasteiger charge is -2.33. The fourth-order valence-corrected chi connectivity index (χ4v) is 4.58. The molecule has 1 aliphatic heterocycles. The summed E-state index contributed by atoms with van der Waals surface area (Å²) in [6, 6.07) is 11.0. The quantitative estimate of drug-likeness (QED) is 0.816. The summed E-state index contributed by atoms with van der Waals surface area (Å²) in [5, 5.41) is 5.81. The number of thiophene rings is 1. The van der Waals surface area contributed by atoms with Gasteiger partial charge in [0.15, 0.2) is 0 Å². The van der Waals surface area contributed by atoms with E-state index in [1.54, 1.807) is 11.3 Å². The average molecular weight is 366 g/mol. The lowest BCUT2D eigenvalue weighted by atomic mass is 9.92. The molecule has 3 rings (SSSR count).